The second kappa shape index (κ2) is 4.53. The van der Waals surface area contributed by atoms with E-state index in [1.54, 1.807) is 30.8 Å². The van der Waals surface area contributed by atoms with Crippen LogP contribution in [0.25, 0.3) is 11.0 Å². The number of aryl methyl sites for hydroxylation is 1. The van der Waals surface area contributed by atoms with Crippen molar-refractivity contribution in [3.05, 3.63) is 30.1 Å². The van der Waals surface area contributed by atoms with Crippen LogP contribution in [0.1, 0.15) is 5.69 Å². The molecule has 1 aromatic carbocycles. The zero-order valence-electron chi connectivity index (χ0n) is 10.7. The lowest BCUT2D eigenvalue weighted by molar-refractivity contribution is 0.602. The summed E-state index contributed by atoms with van der Waals surface area (Å²) in [4.78, 5) is 0.118. The predicted molar refractivity (Wildman–Crippen MR) is 76.2 cm³/mol. The van der Waals surface area contributed by atoms with Crippen LogP contribution < -0.4 is 4.72 Å². The number of fused-ring (bicyclic) bond motifs is 1. The van der Waals surface area contributed by atoms with E-state index in [9.17, 15) is 8.42 Å². The van der Waals surface area contributed by atoms with E-state index in [1.165, 1.54) is 12.3 Å². The molecule has 20 heavy (non-hydrogen) atoms. The van der Waals surface area contributed by atoms with E-state index in [1.807, 2.05) is 0 Å². The van der Waals surface area contributed by atoms with Crippen molar-refractivity contribution in [2.24, 2.45) is 7.05 Å². The molecule has 0 unspecified atom stereocenters. The molecule has 0 bridgehead atoms. The van der Waals surface area contributed by atoms with Gasteiger partial charge in [0.15, 0.2) is 0 Å². The van der Waals surface area contributed by atoms with Gasteiger partial charge in [-0.2, -0.15) is 13.8 Å². The third-order valence-electron chi connectivity index (χ3n) is 3.02. The monoisotopic (exact) mass is 309 g/mol. The summed E-state index contributed by atoms with van der Waals surface area (Å²) in [5.41, 5.74) is 2.14. The second-order valence-corrected chi connectivity index (χ2v) is 6.44. The minimum atomic E-state index is -3.72. The number of rotatable bonds is 3. The van der Waals surface area contributed by atoms with Gasteiger partial charge in [-0.3, -0.25) is 9.40 Å². The van der Waals surface area contributed by atoms with Crippen LogP contribution in [-0.2, 0) is 17.1 Å². The summed E-state index contributed by atoms with van der Waals surface area (Å²) in [5, 5.41) is 4.01. The number of benzene rings is 1. The molecule has 2 heterocycles. The molecule has 0 radical (unpaired) electrons. The molecule has 7 nitrogen and oxygen atoms in total. The van der Waals surface area contributed by atoms with Crippen LogP contribution in [0.15, 0.2) is 29.3 Å². The van der Waals surface area contributed by atoms with E-state index < -0.39 is 10.0 Å². The number of nitrogens with one attached hydrogen (secondary N) is 1. The molecule has 0 spiro atoms. The highest BCUT2D eigenvalue weighted by molar-refractivity contribution is 7.93. The van der Waals surface area contributed by atoms with Crippen LogP contribution >= 0.6 is 11.7 Å². The van der Waals surface area contributed by atoms with Gasteiger partial charge in [-0.25, -0.2) is 8.42 Å². The minimum Gasteiger partial charge on any atom is -0.276 e. The van der Waals surface area contributed by atoms with Gasteiger partial charge in [0, 0.05) is 7.05 Å². The third-order valence-corrected chi connectivity index (χ3v) is 4.96. The van der Waals surface area contributed by atoms with Crippen molar-refractivity contribution in [2.75, 3.05) is 4.72 Å². The van der Waals surface area contributed by atoms with Gasteiger partial charge in [0.05, 0.1) is 29.3 Å². The van der Waals surface area contributed by atoms with E-state index in [-0.39, 0.29) is 4.90 Å². The standard InChI is InChI=1S/C11H11N5O2S2/c1-7-9(6-12-16(7)2)15-20(17,18)10-5-3-4-8-11(10)14-19-13-8/h3-6,15H,1-2H3. The van der Waals surface area contributed by atoms with Crippen molar-refractivity contribution < 1.29 is 8.42 Å². The van der Waals surface area contributed by atoms with Crippen molar-refractivity contribution in [1.29, 1.82) is 0 Å². The lowest BCUT2D eigenvalue weighted by Gasteiger charge is -2.07. The molecule has 0 saturated heterocycles. The highest BCUT2D eigenvalue weighted by atomic mass is 32.2. The van der Waals surface area contributed by atoms with E-state index >= 15 is 0 Å². The molecule has 104 valence electrons. The molecule has 0 aliphatic carbocycles. The van der Waals surface area contributed by atoms with Gasteiger partial charge in [0.25, 0.3) is 10.0 Å². The number of nitrogens with zero attached hydrogens (tertiary/aromatic N) is 4. The van der Waals surface area contributed by atoms with Crippen molar-refractivity contribution in [3.8, 4) is 0 Å². The first-order chi connectivity index (χ1) is 9.49. The number of anilines is 1. The molecule has 0 aliphatic rings. The lowest BCUT2D eigenvalue weighted by Crippen LogP contribution is -2.14. The molecule has 3 rings (SSSR count). The Hall–Kier alpha value is -2.00. The van der Waals surface area contributed by atoms with Crippen LogP contribution in [0.3, 0.4) is 0 Å². The molecule has 2 aromatic heterocycles. The fourth-order valence-electron chi connectivity index (χ4n) is 1.80. The number of aromatic nitrogens is 4. The first kappa shape index (κ1) is 13.0. The van der Waals surface area contributed by atoms with Crippen LogP contribution in [0.2, 0.25) is 0 Å². The fraction of sp³-hybridized carbons (Fsp3) is 0.182. The van der Waals surface area contributed by atoms with Gasteiger partial charge in [0.1, 0.15) is 15.9 Å². The van der Waals surface area contributed by atoms with Crippen molar-refractivity contribution >= 4 is 38.5 Å². The topological polar surface area (TPSA) is 89.8 Å². The second-order valence-electron chi connectivity index (χ2n) is 4.26. The van der Waals surface area contributed by atoms with E-state index in [4.69, 9.17) is 0 Å². The summed E-state index contributed by atoms with van der Waals surface area (Å²) in [6.07, 6.45) is 1.48. The van der Waals surface area contributed by atoms with Crippen LogP contribution in [0.4, 0.5) is 5.69 Å². The average Bonchev–Trinajstić information content (AvgIpc) is 3.00. The summed E-state index contributed by atoms with van der Waals surface area (Å²) in [6, 6.07) is 4.89. The van der Waals surface area contributed by atoms with Gasteiger partial charge in [-0.1, -0.05) is 6.07 Å². The molecule has 0 fully saturated rings. The van der Waals surface area contributed by atoms with Crippen LogP contribution in [-0.4, -0.2) is 26.9 Å². The molecule has 0 saturated carbocycles. The maximum atomic E-state index is 12.5. The molecule has 9 heteroatoms. The Balaban J connectivity index is 2.08. The number of sulfonamides is 1. The molecule has 1 N–H and O–H groups in total. The van der Waals surface area contributed by atoms with Crippen LogP contribution in [0, 0.1) is 6.92 Å². The van der Waals surface area contributed by atoms with Gasteiger partial charge < -0.3 is 0 Å². The van der Waals surface area contributed by atoms with Crippen molar-refractivity contribution in [2.45, 2.75) is 11.8 Å². The zero-order chi connectivity index (χ0) is 14.3. The normalized spacial score (nSPS) is 11.9. The quantitative estimate of drug-likeness (QED) is 0.792. The Labute approximate surface area is 119 Å². The Morgan fingerprint density at radius 2 is 2.10 bits per heavy atom. The maximum Gasteiger partial charge on any atom is 0.264 e. The van der Waals surface area contributed by atoms with E-state index in [2.05, 4.69) is 18.6 Å². The molecule has 0 amide bonds. The SMILES string of the molecule is Cc1c(NS(=O)(=O)c2cccc3nsnc23)cnn1C. The maximum absolute atomic E-state index is 12.5. The summed E-state index contributed by atoms with van der Waals surface area (Å²) in [6.45, 7) is 1.79. The summed E-state index contributed by atoms with van der Waals surface area (Å²) in [5.74, 6) is 0. The van der Waals surface area contributed by atoms with Gasteiger partial charge in [-0.05, 0) is 19.1 Å². The minimum absolute atomic E-state index is 0.118. The largest absolute Gasteiger partial charge is 0.276 e. The first-order valence-electron chi connectivity index (χ1n) is 5.72. The highest BCUT2D eigenvalue weighted by Gasteiger charge is 2.21. The van der Waals surface area contributed by atoms with E-state index in [0.717, 1.165) is 17.4 Å². The summed E-state index contributed by atoms with van der Waals surface area (Å²) >= 11 is 0.988. The molecule has 0 atom stereocenters. The summed E-state index contributed by atoms with van der Waals surface area (Å²) < 4.78 is 37.1. The van der Waals surface area contributed by atoms with Crippen LogP contribution in [0.5, 0.6) is 0 Å². The molecule has 0 aliphatic heterocycles. The van der Waals surface area contributed by atoms with Gasteiger partial charge in [-0.15, -0.1) is 0 Å². The smallest absolute Gasteiger partial charge is 0.264 e. The predicted octanol–water partition coefficient (Wildman–Crippen LogP) is 1.53. The molecule has 3 aromatic rings. The number of hydrogen-bond acceptors (Lipinski definition) is 6. The zero-order valence-corrected chi connectivity index (χ0v) is 12.4. The van der Waals surface area contributed by atoms with Gasteiger partial charge >= 0.3 is 0 Å². The Bertz CT molecular complexity index is 881. The van der Waals surface area contributed by atoms with Crippen molar-refractivity contribution in [1.82, 2.24) is 18.5 Å². The average molecular weight is 309 g/mol. The van der Waals surface area contributed by atoms with Gasteiger partial charge in [0.2, 0.25) is 0 Å². The Morgan fingerprint density at radius 3 is 2.80 bits per heavy atom. The lowest BCUT2D eigenvalue weighted by atomic mass is 10.3. The summed E-state index contributed by atoms with van der Waals surface area (Å²) in [7, 11) is -1.97. The Kier molecular flexibility index (Phi) is 2.94. The third kappa shape index (κ3) is 2.04. The first-order valence-corrected chi connectivity index (χ1v) is 7.93. The Morgan fingerprint density at radius 1 is 1.30 bits per heavy atom. The van der Waals surface area contributed by atoms with Crippen molar-refractivity contribution in [3.63, 3.8) is 0 Å². The molecular formula is C11H11N5O2S2. The highest BCUT2D eigenvalue weighted by Crippen LogP contribution is 2.24. The van der Waals surface area contributed by atoms with E-state index in [0.29, 0.717) is 16.7 Å². The fourth-order valence-corrected chi connectivity index (χ4v) is 3.67. The number of hydrogen-bond donors (Lipinski definition) is 1. The molecular weight excluding hydrogens is 298 g/mol.